The van der Waals surface area contributed by atoms with Crippen molar-refractivity contribution >= 4 is 5.69 Å². The monoisotopic (exact) mass is 153 g/mol. The molecule has 0 saturated heterocycles. The molecular formula is C8H11NO2. The molecule has 0 aromatic heterocycles. The molecular weight excluding hydrogens is 142 g/mol. The number of benzene rings is 1. The first-order valence-electron chi connectivity index (χ1n) is 3.46. The molecule has 0 aliphatic carbocycles. The predicted octanol–water partition coefficient (Wildman–Crippen LogP) is 1.24. The fourth-order valence-corrected chi connectivity index (χ4v) is 1.01. The molecule has 1 aromatic rings. The maximum Gasteiger partial charge on any atom is 0.139 e. The van der Waals surface area contributed by atoms with Gasteiger partial charge in [0.15, 0.2) is 0 Å². The summed E-state index contributed by atoms with van der Waals surface area (Å²) < 4.78 is 0. The molecule has 3 heteroatoms. The Morgan fingerprint density at radius 1 is 1.27 bits per heavy atom. The molecule has 0 aliphatic rings. The summed E-state index contributed by atoms with van der Waals surface area (Å²) in [6, 6.07) is 2.81. The summed E-state index contributed by atoms with van der Waals surface area (Å²) in [5, 5.41) is 18.3. The van der Waals surface area contributed by atoms with E-state index in [0.29, 0.717) is 12.0 Å². The number of hydrogen-bond donors (Lipinski definition) is 3. The molecule has 0 amide bonds. The van der Waals surface area contributed by atoms with Crippen molar-refractivity contribution < 1.29 is 10.2 Å². The molecule has 0 spiro atoms. The summed E-state index contributed by atoms with van der Waals surface area (Å²) in [5.41, 5.74) is 6.36. The van der Waals surface area contributed by atoms with Gasteiger partial charge in [-0.05, 0) is 18.6 Å². The van der Waals surface area contributed by atoms with Crippen LogP contribution in [0.15, 0.2) is 12.1 Å². The molecule has 1 aromatic carbocycles. The number of aromatic hydroxyl groups is 2. The van der Waals surface area contributed by atoms with Gasteiger partial charge in [0, 0.05) is 5.56 Å². The number of rotatable bonds is 1. The van der Waals surface area contributed by atoms with E-state index in [2.05, 4.69) is 0 Å². The molecule has 0 heterocycles. The van der Waals surface area contributed by atoms with E-state index in [9.17, 15) is 5.11 Å². The lowest BCUT2D eigenvalue weighted by Crippen LogP contribution is -1.93. The van der Waals surface area contributed by atoms with Gasteiger partial charge < -0.3 is 15.9 Å². The SMILES string of the molecule is CCc1c(O)ccc(O)c1N. The molecule has 0 radical (unpaired) electrons. The van der Waals surface area contributed by atoms with Crippen LogP contribution >= 0.6 is 0 Å². The fraction of sp³-hybridized carbons (Fsp3) is 0.250. The van der Waals surface area contributed by atoms with Gasteiger partial charge in [-0.2, -0.15) is 0 Å². The molecule has 0 unspecified atom stereocenters. The number of nitrogens with two attached hydrogens (primary N) is 1. The van der Waals surface area contributed by atoms with Crippen molar-refractivity contribution in [3.63, 3.8) is 0 Å². The zero-order chi connectivity index (χ0) is 8.43. The van der Waals surface area contributed by atoms with E-state index in [1.807, 2.05) is 6.92 Å². The zero-order valence-corrected chi connectivity index (χ0v) is 6.33. The summed E-state index contributed by atoms with van der Waals surface area (Å²) in [5.74, 6) is 0.169. The van der Waals surface area contributed by atoms with Gasteiger partial charge in [0.25, 0.3) is 0 Å². The zero-order valence-electron chi connectivity index (χ0n) is 6.33. The average molecular weight is 153 g/mol. The topological polar surface area (TPSA) is 66.5 Å². The number of phenolic OH excluding ortho intramolecular Hbond substituents is 2. The second-order valence-corrected chi connectivity index (χ2v) is 2.35. The minimum Gasteiger partial charge on any atom is -0.508 e. The average Bonchev–Trinajstić information content (AvgIpc) is 1.99. The van der Waals surface area contributed by atoms with Crippen molar-refractivity contribution in [1.29, 1.82) is 0 Å². The Hall–Kier alpha value is -1.38. The first-order chi connectivity index (χ1) is 5.16. The van der Waals surface area contributed by atoms with Crippen LogP contribution in [0.25, 0.3) is 0 Å². The number of hydrogen-bond acceptors (Lipinski definition) is 3. The Bertz CT molecular complexity index is 271. The number of phenols is 2. The van der Waals surface area contributed by atoms with Gasteiger partial charge in [0.1, 0.15) is 11.5 Å². The van der Waals surface area contributed by atoms with E-state index in [-0.39, 0.29) is 17.2 Å². The summed E-state index contributed by atoms with van der Waals surface area (Å²) in [6.07, 6.45) is 0.617. The lowest BCUT2D eigenvalue weighted by molar-refractivity contribution is 0.457. The molecule has 60 valence electrons. The van der Waals surface area contributed by atoms with Gasteiger partial charge >= 0.3 is 0 Å². The van der Waals surface area contributed by atoms with Crippen LogP contribution in [-0.4, -0.2) is 10.2 Å². The van der Waals surface area contributed by atoms with Crippen LogP contribution < -0.4 is 5.73 Å². The van der Waals surface area contributed by atoms with Crippen LogP contribution in [0.1, 0.15) is 12.5 Å². The number of anilines is 1. The highest BCUT2D eigenvalue weighted by Crippen LogP contribution is 2.31. The first-order valence-corrected chi connectivity index (χ1v) is 3.46. The maximum absolute atomic E-state index is 9.22. The van der Waals surface area contributed by atoms with Crippen molar-refractivity contribution in [2.24, 2.45) is 0 Å². The summed E-state index contributed by atoms with van der Waals surface area (Å²) in [7, 11) is 0. The van der Waals surface area contributed by atoms with Gasteiger partial charge in [0.05, 0.1) is 5.69 Å². The molecule has 0 aliphatic heterocycles. The van der Waals surface area contributed by atoms with Gasteiger partial charge in [-0.1, -0.05) is 6.92 Å². The van der Waals surface area contributed by atoms with Crippen LogP contribution in [-0.2, 0) is 6.42 Å². The van der Waals surface area contributed by atoms with E-state index in [1.165, 1.54) is 12.1 Å². The second-order valence-electron chi connectivity index (χ2n) is 2.35. The molecule has 0 atom stereocenters. The second kappa shape index (κ2) is 2.70. The van der Waals surface area contributed by atoms with Crippen molar-refractivity contribution in [1.82, 2.24) is 0 Å². The van der Waals surface area contributed by atoms with Crippen LogP contribution in [0.2, 0.25) is 0 Å². The molecule has 0 saturated carbocycles. The molecule has 0 fully saturated rings. The van der Waals surface area contributed by atoms with Crippen molar-refractivity contribution in [2.45, 2.75) is 13.3 Å². The van der Waals surface area contributed by atoms with E-state index >= 15 is 0 Å². The van der Waals surface area contributed by atoms with Crippen molar-refractivity contribution in [3.8, 4) is 11.5 Å². The number of nitrogen functional groups attached to an aromatic ring is 1. The van der Waals surface area contributed by atoms with Gasteiger partial charge in [-0.3, -0.25) is 0 Å². The van der Waals surface area contributed by atoms with Crippen molar-refractivity contribution in [2.75, 3.05) is 5.73 Å². The smallest absolute Gasteiger partial charge is 0.139 e. The van der Waals surface area contributed by atoms with Gasteiger partial charge in [0.2, 0.25) is 0 Å². The normalized spacial score (nSPS) is 9.91. The Kier molecular flexibility index (Phi) is 1.89. The molecule has 3 nitrogen and oxygen atoms in total. The quantitative estimate of drug-likeness (QED) is 0.323. The molecule has 0 bridgehead atoms. The minimum atomic E-state index is 0.0275. The van der Waals surface area contributed by atoms with Crippen molar-refractivity contribution in [3.05, 3.63) is 17.7 Å². The van der Waals surface area contributed by atoms with E-state index < -0.39 is 0 Å². The Labute approximate surface area is 65.1 Å². The Morgan fingerprint density at radius 3 is 2.27 bits per heavy atom. The fourth-order valence-electron chi connectivity index (χ4n) is 1.01. The van der Waals surface area contributed by atoms with Crippen LogP contribution in [0.4, 0.5) is 5.69 Å². The third-order valence-electron chi connectivity index (χ3n) is 1.66. The first kappa shape index (κ1) is 7.72. The van der Waals surface area contributed by atoms with E-state index in [1.54, 1.807) is 0 Å². The molecule has 11 heavy (non-hydrogen) atoms. The largest absolute Gasteiger partial charge is 0.508 e. The molecule has 4 N–H and O–H groups in total. The van der Waals surface area contributed by atoms with Crippen LogP contribution in [0, 0.1) is 0 Å². The van der Waals surface area contributed by atoms with E-state index in [4.69, 9.17) is 10.8 Å². The van der Waals surface area contributed by atoms with Gasteiger partial charge in [-0.15, -0.1) is 0 Å². The summed E-state index contributed by atoms with van der Waals surface area (Å²) >= 11 is 0. The van der Waals surface area contributed by atoms with Crippen LogP contribution in [0.5, 0.6) is 11.5 Å². The van der Waals surface area contributed by atoms with E-state index in [0.717, 1.165) is 0 Å². The predicted molar refractivity (Wildman–Crippen MR) is 43.6 cm³/mol. The summed E-state index contributed by atoms with van der Waals surface area (Å²) in [4.78, 5) is 0. The lowest BCUT2D eigenvalue weighted by Gasteiger charge is -2.06. The van der Waals surface area contributed by atoms with Crippen LogP contribution in [0.3, 0.4) is 0 Å². The Balaban J connectivity index is 3.29. The highest BCUT2D eigenvalue weighted by atomic mass is 16.3. The molecule has 1 rings (SSSR count). The third kappa shape index (κ3) is 1.22. The highest BCUT2D eigenvalue weighted by molar-refractivity contribution is 5.62. The maximum atomic E-state index is 9.22. The minimum absolute atomic E-state index is 0.0275. The third-order valence-corrected chi connectivity index (χ3v) is 1.66. The highest BCUT2D eigenvalue weighted by Gasteiger charge is 2.06. The standard InChI is InChI=1S/C8H11NO2/c1-2-5-6(10)3-4-7(11)8(5)9/h3-4,10-11H,2,9H2,1H3. The summed E-state index contributed by atoms with van der Waals surface area (Å²) in [6.45, 7) is 1.87. The Morgan fingerprint density at radius 2 is 1.82 bits per heavy atom. The lowest BCUT2D eigenvalue weighted by atomic mass is 10.1. The van der Waals surface area contributed by atoms with Gasteiger partial charge in [-0.25, -0.2) is 0 Å².